The van der Waals surface area contributed by atoms with Crippen molar-refractivity contribution >= 4 is 17.2 Å². The fourth-order valence-corrected chi connectivity index (χ4v) is 3.59. The molecule has 1 atom stereocenters. The van der Waals surface area contributed by atoms with Gasteiger partial charge in [-0.15, -0.1) is 11.3 Å². The van der Waals surface area contributed by atoms with E-state index in [1.54, 1.807) is 11.3 Å². The number of aryl methyl sites for hydroxylation is 2. The van der Waals surface area contributed by atoms with Crippen LogP contribution in [0.1, 0.15) is 35.5 Å². The molecule has 0 fully saturated rings. The van der Waals surface area contributed by atoms with Gasteiger partial charge in [0.1, 0.15) is 5.01 Å². The molecule has 1 aromatic carbocycles. The number of hydrogen-bond donors (Lipinski definition) is 2. The zero-order valence-electron chi connectivity index (χ0n) is 14.0. The highest BCUT2D eigenvalue weighted by molar-refractivity contribution is 7.13. The minimum atomic E-state index is -0.240. The van der Waals surface area contributed by atoms with Crippen LogP contribution in [-0.4, -0.2) is 21.1 Å². The number of nitrogens with one attached hydrogen (secondary N) is 2. The summed E-state index contributed by atoms with van der Waals surface area (Å²) < 4.78 is 0. The highest BCUT2D eigenvalue weighted by Crippen LogP contribution is 2.24. The first-order chi connectivity index (χ1) is 11.6. The van der Waals surface area contributed by atoms with Crippen LogP contribution in [0.2, 0.25) is 0 Å². The van der Waals surface area contributed by atoms with Gasteiger partial charge in [-0.3, -0.25) is 9.89 Å². The molecular formula is C18H20N4OS. The number of nitrogens with zero attached hydrogens (tertiary/aromatic N) is 2. The van der Waals surface area contributed by atoms with E-state index in [9.17, 15) is 4.79 Å². The number of hydrogen-bond acceptors (Lipinski definition) is 4. The first kappa shape index (κ1) is 16.4. The zero-order chi connectivity index (χ0) is 17.1. The van der Waals surface area contributed by atoms with Crippen LogP contribution in [0.15, 0.2) is 35.7 Å². The lowest BCUT2D eigenvalue weighted by Crippen LogP contribution is -2.28. The Labute approximate surface area is 145 Å². The lowest BCUT2D eigenvalue weighted by Gasteiger charge is -2.12. The topological polar surface area (TPSA) is 70.7 Å². The molecule has 6 heteroatoms. The Hall–Kier alpha value is -2.47. The van der Waals surface area contributed by atoms with Crippen molar-refractivity contribution in [2.45, 2.75) is 33.2 Å². The summed E-state index contributed by atoms with van der Waals surface area (Å²) in [4.78, 5) is 17.0. The Balaban J connectivity index is 1.64. The molecule has 2 aromatic heterocycles. The molecule has 0 spiro atoms. The van der Waals surface area contributed by atoms with Gasteiger partial charge in [0, 0.05) is 22.2 Å². The number of rotatable bonds is 5. The third-order valence-corrected chi connectivity index (χ3v) is 4.97. The first-order valence-electron chi connectivity index (χ1n) is 7.85. The van der Waals surface area contributed by atoms with Gasteiger partial charge in [0.2, 0.25) is 5.91 Å². The second-order valence-electron chi connectivity index (χ2n) is 5.80. The van der Waals surface area contributed by atoms with Crippen LogP contribution in [0.3, 0.4) is 0 Å². The molecule has 0 aliphatic heterocycles. The van der Waals surface area contributed by atoms with E-state index < -0.39 is 0 Å². The van der Waals surface area contributed by atoms with Gasteiger partial charge in [-0.2, -0.15) is 5.10 Å². The summed E-state index contributed by atoms with van der Waals surface area (Å²) in [6.45, 7) is 6.18. The summed E-state index contributed by atoms with van der Waals surface area (Å²) in [6.07, 6.45) is 0. The fraction of sp³-hybridized carbons (Fsp3) is 0.278. The Morgan fingerprint density at radius 3 is 2.71 bits per heavy atom. The molecule has 0 radical (unpaired) electrons. The van der Waals surface area contributed by atoms with E-state index in [0.717, 1.165) is 33.2 Å². The largest absolute Gasteiger partial charge is 0.350 e. The molecule has 124 valence electrons. The summed E-state index contributed by atoms with van der Waals surface area (Å²) in [5.74, 6) is -0.257. The predicted octanol–water partition coefficient (Wildman–Crippen LogP) is 3.57. The maximum absolute atomic E-state index is 12.4. The maximum Gasteiger partial charge on any atom is 0.227 e. The maximum atomic E-state index is 12.4. The number of aromatic nitrogens is 3. The summed E-state index contributed by atoms with van der Waals surface area (Å²) in [6, 6.07) is 10.0. The van der Waals surface area contributed by atoms with Gasteiger partial charge in [0.05, 0.1) is 23.9 Å². The van der Waals surface area contributed by atoms with Crippen LogP contribution in [0.25, 0.3) is 10.6 Å². The summed E-state index contributed by atoms with van der Waals surface area (Å²) in [5, 5.41) is 13.0. The van der Waals surface area contributed by atoms with Gasteiger partial charge >= 0.3 is 0 Å². The quantitative estimate of drug-likeness (QED) is 0.746. The Morgan fingerprint density at radius 2 is 2.04 bits per heavy atom. The number of benzene rings is 1. The van der Waals surface area contributed by atoms with Crippen molar-refractivity contribution < 1.29 is 4.79 Å². The highest BCUT2D eigenvalue weighted by atomic mass is 32.1. The van der Waals surface area contributed by atoms with Gasteiger partial charge in [-0.05, 0) is 20.8 Å². The molecule has 0 saturated heterocycles. The van der Waals surface area contributed by atoms with Crippen molar-refractivity contribution in [2.75, 3.05) is 0 Å². The lowest BCUT2D eigenvalue weighted by molar-refractivity contribution is -0.122. The standard InChI is InChI=1S/C18H20N4OS/c1-11(16-12(2)21-22-13(16)3)17(23)19-9-15-10-24-18(20-15)14-7-5-4-6-8-14/h4-8,10-11H,9H2,1-3H3,(H,19,23)(H,21,22)/t11-/m1/s1. The SMILES string of the molecule is Cc1n[nH]c(C)c1[C@@H](C)C(=O)NCc1csc(-c2ccccc2)n1. The molecule has 1 amide bonds. The van der Waals surface area contributed by atoms with E-state index in [0.29, 0.717) is 6.54 Å². The number of carbonyl (C=O) groups excluding carboxylic acids is 1. The van der Waals surface area contributed by atoms with Crippen LogP contribution < -0.4 is 5.32 Å². The Morgan fingerprint density at radius 1 is 1.29 bits per heavy atom. The summed E-state index contributed by atoms with van der Waals surface area (Å²) >= 11 is 1.59. The second-order valence-corrected chi connectivity index (χ2v) is 6.66. The molecule has 2 N–H and O–H groups in total. The molecule has 0 aliphatic carbocycles. The third kappa shape index (κ3) is 3.38. The number of carbonyl (C=O) groups is 1. The van der Waals surface area contributed by atoms with E-state index in [4.69, 9.17) is 0 Å². The van der Waals surface area contributed by atoms with Gasteiger partial charge in [0.25, 0.3) is 0 Å². The molecule has 24 heavy (non-hydrogen) atoms. The van der Waals surface area contributed by atoms with Crippen molar-refractivity contribution in [3.8, 4) is 10.6 Å². The molecule has 0 aliphatic rings. The van der Waals surface area contributed by atoms with E-state index in [2.05, 4.69) is 20.5 Å². The van der Waals surface area contributed by atoms with E-state index in [-0.39, 0.29) is 11.8 Å². The average molecular weight is 340 g/mol. The smallest absolute Gasteiger partial charge is 0.227 e. The average Bonchev–Trinajstić information content (AvgIpc) is 3.20. The fourth-order valence-electron chi connectivity index (χ4n) is 2.76. The zero-order valence-corrected chi connectivity index (χ0v) is 14.8. The molecule has 0 saturated carbocycles. The van der Waals surface area contributed by atoms with E-state index in [1.807, 2.05) is 56.5 Å². The molecule has 3 aromatic rings. The highest BCUT2D eigenvalue weighted by Gasteiger charge is 2.21. The Bertz CT molecular complexity index is 818. The monoisotopic (exact) mass is 340 g/mol. The summed E-state index contributed by atoms with van der Waals surface area (Å²) in [5.41, 5.74) is 4.75. The number of H-pyrrole nitrogens is 1. The molecule has 0 unspecified atom stereocenters. The second kappa shape index (κ2) is 6.97. The van der Waals surface area contributed by atoms with Crippen molar-refractivity contribution in [1.82, 2.24) is 20.5 Å². The predicted molar refractivity (Wildman–Crippen MR) is 95.9 cm³/mol. The Kier molecular flexibility index (Phi) is 4.76. The van der Waals surface area contributed by atoms with Crippen LogP contribution in [-0.2, 0) is 11.3 Å². The molecule has 2 heterocycles. The lowest BCUT2D eigenvalue weighted by atomic mass is 9.98. The third-order valence-electron chi connectivity index (χ3n) is 4.03. The van der Waals surface area contributed by atoms with E-state index >= 15 is 0 Å². The van der Waals surface area contributed by atoms with Crippen molar-refractivity contribution in [3.63, 3.8) is 0 Å². The van der Waals surface area contributed by atoms with E-state index in [1.165, 1.54) is 0 Å². The number of amides is 1. The van der Waals surface area contributed by atoms with Gasteiger partial charge in [-0.1, -0.05) is 30.3 Å². The van der Waals surface area contributed by atoms with Crippen molar-refractivity contribution in [2.24, 2.45) is 0 Å². The minimum absolute atomic E-state index is 0.0168. The van der Waals surface area contributed by atoms with Gasteiger partial charge in [-0.25, -0.2) is 4.98 Å². The molecular weight excluding hydrogens is 320 g/mol. The van der Waals surface area contributed by atoms with Gasteiger partial charge in [0.15, 0.2) is 0 Å². The molecule has 0 bridgehead atoms. The normalized spacial score (nSPS) is 12.1. The summed E-state index contributed by atoms with van der Waals surface area (Å²) in [7, 11) is 0. The first-order valence-corrected chi connectivity index (χ1v) is 8.73. The van der Waals surface area contributed by atoms with Crippen LogP contribution in [0.5, 0.6) is 0 Å². The molecule has 5 nitrogen and oxygen atoms in total. The van der Waals surface area contributed by atoms with Crippen LogP contribution in [0.4, 0.5) is 0 Å². The van der Waals surface area contributed by atoms with Crippen LogP contribution >= 0.6 is 11.3 Å². The minimum Gasteiger partial charge on any atom is -0.350 e. The number of aromatic amines is 1. The number of thiazole rings is 1. The van der Waals surface area contributed by atoms with Gasteiger partial charge < -0.3 is 5.32 Å². The van der Waals surface area contributed by atoms with Crippen molar-refractivity contribution in [1.29, 1.82) is 0 Å². The molecule has 3 rings (SSSR count). The van der Waals surface area contributed by atoms with Crippen molar-refractivity contribution in [3.05, 3.63) is 58.4 Å². The van der Waals surface area contributed by atoms with Crippen LogP contribution in [0, 0.1) is 13.8 Å².